The second kappa shape index (κ2) is 18.6. The van der Waals surface area contributed by atoms with Crippen molar-refractivity contribution in [1.82, 2.24) is 29.9 Å². The first-order valence-corrected chi connectivity index (χ1v) is 16.2. The van der Waals surface area contributed by atoms with Crippen molar-refractivity contribution in [3.63, 3.8) is 0 Å². The van der Waals surface area contributed by atoms with Crippen molar-refractivity contribution in [2.75, 3.05) is 5.33 Å². The van der Waals surface area contributed by atoms with Crippen molar-refractivity contribution < 1.29 is 44.8 Å². The average molecular weight is 864 g/mol. The Balaban J connectivity index is 0.000000238. The lowest BCUT2D eigenvalue weighted by atomic mass is 10.1. The number of alkyl halides is 7. The quantitative estimate of drug-likeness (QED) is 0.0935. The summed E-state index contributed by atoms with van der Waals surface area (Å²) in [5.74, 6) is -3.99. The molecule has 2 aromatic carbocycles. The van der Waals surface area contributed by atoms with Crippen molar-refractivity contribution in [2.45, 2.75) is 26.3 Å². The fraction of sp³-hybridized carbons (Fsp3) is 0.152. The highest BCUT2D eigenvalue weighted by Gasteiger charge is 2.39. The van der Waals surface area contributed by atoms with Gasteiger partial charge in [-0.2, -0.15) is 26.3 Å². The Kier molecular flexibility index (Phi) is 14.8. The highest BCUT2D eigenvalue weighted by atomic mass is 79.9. The summed E-state index contributed by atoms with van der Waals surface area (Å²) in [6.45, 7) is -0.238. The standard InChI is InChI=1S/C16H9ClF3N3O3.C8H6BrClO.C8H4F3N3O2.CH4/c17-11-3-1-9(2-4-11)12(24)8-23-6-5-10(7-13(23)25)14-21-22-15(26-14)16(18,19)20;9-5-8(11)6-1-3-7(10)4-2-6;9-8(10,11)7-14-13-6(16-7)4-1-2-12-5(15)3-4;/h1-7H,8H2;1-4H,5H2;1-3H,(H,12,15);1H4. The van der Waals surface area contributed by atoms with Crippen LogP contribution in [-0.2, 0) is 18.9 Å². The first-order valence-electron chi connectivity index (χ1n) is 14.3. The van der Waals surface area contributed by atoms with E-state index in [1.807, 2.05) is 0 Å². The number of halogens is 9. The Hall–Kier alpha value is -5.40. The Labute approximate surface area is 317 Å². The zero-order valence-corrected chi connectivity index (χ0v) is 29.2. The van der Waals surface area contributed by atoms with Gasteiger partial charge in [0.1, 0.15) is 0 Å². The molecular formula is C33H23BrCl2F6N6O6. The van der Waals surface area contributed by atoms with Crippen molar-refractivity contribution in [1.29, 1.82) is 0 Å². The van der Waals surface area contributed by atoms with Crippen LogP contribution in [0.2, 0.25) is 10.0 Å². The summed E-state index contributed by atoms with van der Waals surface area (Å²) >= 11 is 14.5. The number of ketones is 2. The molecule has 0 unspecified atom stereocenters. The van der Waals surface area contributed by atoms with Crippen LogP contribution in [0.4, 0.5) is 26.3 Å². The molecule has 1 N–H and O–H groups in total. The molecule has 54 heavy (non-hydrogen) atoms. The summed E-state index contributed by atoms with van der Waals surface area (Å²) in [6, 6.07) is 17.7. The molecule has 0 saturated carbocycles. The van der Waals surface area contributed by atoms with E-state index in [0.29, 0.717) is 26.5 Å². The largest absolute Gasteiger partial charge is 0.470 e. The normalized spacial score (nSPS) is 11.0. The Morgan fingerprint density at radius 1 is 0.704 bits per heavy atom. The van der Waals surface area contributed by atoms with Gasteiger partial charge in [0, 0.05) is 56.8 Å². The lowest BCUT2D eigenvalue weighted by molar-refractivity contribution is -0.157. The summed E-state index contributed by atoms with van der Waals surface area (Å²) in [5.41, 5.74) is 0.143. The third kappa shape index (κ3) is 12.1. The van der Waals surface area contributed by atoms with Crippen LogP contribution in [0.3, 0.4) is 0 Å². The number of aromatic amines is 1. The lowest BCUT2D eigenvalue weighted by Gasteiger charge is -2.06. The molecule has 0 aliphatic rings. The number of carbonyl (C=O) groups excluding carboxylic acids is 2. The average Bonchev–Trinajstić information content (AvgIpc) is 3.82. The molecule has 0 fully saturated rings. The highest BCUT2D eigenvalue weighted by Crippen LogP contribution is 2.31. The van der Waals surface area contributed by atoms with Crippen molar-refractivity contribution >= 4 is 50.7 Å². The minimum absolute atomic E-state index is 0. The maximum Gasteiger partial charge on any atom is 0.470 e. The molecular weight excluding hydrogens is 841 g/mol. The van der Waals surface area contributed by atoms with E-state index in [1.54, 1.807) is 36.4 Å². The number of hydrogen-bond acceptors (Lipinski definition) is 10. The smallest absolute Gasteiger partial charge is 0.413 e. The number of carbonyl (C=O) groups is 2. The predicted molar refractivity (Wildman–Crippen MR) is 186 cm³/mol. The molecule has 0 atom stereocenters. The first kappa shape index (κ1) is 43.0. The number of aromatic nitrogens is 6. The fourth-order valence-electron chi connectivity index (χ4n) is 3.85. The topological polar surface area (TPSA) is 167 Å². The van der Waals surface area contributed by atoms with Crippen LogP contribution in [0.25, 0.3) is 22.9 Å². The summed E-state index contributed by atoms with van der Waals surface area (Å²) in [6.07, 6.45) is -6.92. The maximum atomic E-state index is 12.5. The van der Waals surface area contributed by atoms with Crippen molar-refractivity contribution in [3.05, 3.63) is 139 Å². The van der Waals surface area contributed by atoms with Crippen molar-refractivity contribution in [2.24, 2.45) is 0 Å². The van der Waals surface area contributed by atoms with E-state index in [-0.39, 0.29) is 42.6 Å². The van der Waals surface area contributed by atoms with Gasteiger partial charge in [0.05, 0.1) is 11.9 Å². The highest BCUT2D eigenvalue weighted by molar-refractivity contribution is 9.09. The molecule has 0 amide bonds. The molecule has 0 saturated heterocycles. The fourth-order valence-corrected chi connectivity index (χ4v) is 4.43. The Morgan fingerprint density at radius 2 is 1.17 bits per heavy atom. The number of benzene rings is 2. The number of pyridine rings is 2. The minimum Gasteiger partial charge on any atom is -0.413 e. The summed E-state index contributed by atoms with van der Waals surface area (Å²) in [4.78, 5) is 48.5. The van der Waals surface area contributed by atoms with Gasteiger partial charge < -0.3 is 18.4 Å². The van der Waals surface area contributed by atoms with Gasteiger partial charge in [-0.05, 0) is 60.7 Å². The van der Waals surface area contributed by atoms with E-state index in [2.05, 4.69) is 50.1 Å². The molecule has 0 aliphatic carbocycles. The van der Waals surface area contributed by atoms with E-state index < -0.39 is 41.1 Å². The molecule has 0 bridgehead atoms. The second-order valence-electron chi connectivity index (χ2n) is 10.1. The van der Waals surface area contributed by atoms with Gasteiger partial charge in [0.15, 0.2) is 11.6 Å². The van der Waals surface area contributed by atoms with Gasteiger partial charge in [-0.15, -0.1) is 20.4 Å². The van der Waals surface area contributed by atoms with Gasteiger partial charge in [0.2, 0.25) is 17.3 Å². The Bertz CT molecular complexity index is 2310. The molecule has 6 aromatic rings. The molecule has 6 rings (SSSR count). The van der Waals surface area contributed by atoms with Crippen LogP contribution in [0, 0.1) is 0 Å². The van der Waals surface area contributed by atoms with Gasteiger partial charge in [-0.25, -0.2) is 0 Å². The minimum atomic E-state index is -4.77. The summed E-state index contributed by atoms with van der Waals surface area (Å²) < 4.78 is 83.9. The van der Waals surface area contributed by atoms with Crippen LogP contribution in [0.5, 0.6) is 0 Å². The number of H-pyrrole nitrogens is 1. The molecule has 12 nitrogen and oxygen atoms in total. The van der Waals surface area contributed by atoms with Crippen LogP contribution >= 0.6 is 39.1 Å². The lowest BCUT2D eigenvalue weighted by Crippen LogP contribution is -2.23. The third-order valence-electron chi connectivity index (χ3n) is 6.37. The zero-order chi connectivity index (χ0) is 38.9. The van der Waals surface area contributed by atoms with E-state index in [4.69, 9.17) is 23.2 Å². The predicted octanol–water partition coefficient (Wildman–Crippen LogP) is 8.45. The molecule has 284 valence electrons. The first-order chi connectivity index (χ1) is 24.9. The summed E-state index contributed by atoms with van der Waals surface area (Å²) in [7, 11) is 0. The number of nitrogens with one attached hydrogen (secondary N) is 1. The van der Waals surface area contributed by atoms with E-state index in [9.17, 15) is 45.5 Å². The van der Waals surface area contributed by atoms with Crippen LogP contribution in [0.1, 0.15) is 39.9 Å². The van der Waals surface area contributed by atoms with Crippen molar-refractivity contribution in [3.8, 4) is 22.9 Å². The SMILES string of the molecule is C.O=C(CBr)c1ccc(Cl)cc1.O=C(Cn1ccc(-c2nnc(C(F)(F)F)o2)cc1=O)c1ccc(Cl)cc1.O=c1cc(-c2nnc(C(F)(F)F)o2)cc[nH]1. The number of hydrogen-bond donors (Lipinski definition) is 1. The molecule has 0 spiro atoms. The summed E-state index contributed by atoms with van der Waals surface area (Å²) in [5, 5.41) is 13.7. The zero-order valence-electron chi connectivity index (χ0n) is 26.1. The van der Waals surface area contributed by atoms with Gasteiger partial charge in [-0.3, -0.25) is 19.2 Å². The third-order valence-corrected chi connectivity index (χ3v) is 7.38. The monoisotopic (exact) mass is 862 g/mol. The molecule has 4 aromatic heterocycles. The van der Waals surface area contributed by atoms with Gasteiger partial charge in [0.25, 0.3) is 5.56 Å². The molecule has 4 heterocycles. The van der Waals surface area contributed by atoms with E-state index >= 15 is 0 Å². The molecule has 0 radical (unpaired) electrons. The molecule has 0 aliphatic heterocycles. The van der Waals surface area contributed by atoms with Crippen LogP contribution < -0.4 is 11.1 Å². The van der Waals surface area contributed by atoms with E-state index in [0.717, 1.165) is 16.7 Å². The second-order valence-corrected chi connectivity index (χ2v) is 11.6. The maximum absolute atomic E-state index is 12.5. The molecule has 21 heteroatoms. The van der Waals surface area contributed by atoms with Gasteiger partial charge in [-0.1, -0.05) is 46.6 Å². The van der Waals surface area contributed by atoms with E-state index in [1.165, 1.54) is 36.7 Å². The van der Waals surface area contributed by atoms with Crippen LogP contribution in [-0.4, -0.2) is 46.8 Å². The van der Waals surface area contributed by atoms with Gasteiger partial charge >= 0.3 is 24.1 Å². The number of Topliss-reactive ketones (excluding diaryl/α,β-unsaturated/α-hetero) is 2. The number of rotatable bonds is 7. The Morgan fingerprint density at radius 3 is 1.57 bits per heavy atom. The number of nitrogens with zero attached hydrogens (tertiary/aromatic N) is 5. The van der Waals surface area contributed by atoms with Crippen LogP contribution in [0.15, 0.2) is 104 Å².